The third kappa shape index (κ3) is 7.93. The predicted octanol–water partition coefficient (Wildman–Crippen LogP) is 3.11. The molecule has 2 nitrogen and oxygen atoms in total. The molecule has 0 fully saturated rings. The van der Waals surface area contributed by atoms with E-state index in [-0.39, 0.29) is 12.0 Å². The maximum absolute atomic E-state index is 11.8. The van der Waals surface area contributed by atoms with E-state index in [0.29, 0.717) is 13.0 Å². The van der Waals surface area contributed by atoms with Crippen molar-refractivity contribution >= 4 is 0 Å². The van der Waals surface area contributed by atoms with Crippen LogP contribution >= 0.6 is 0 Å². The van der Waals surface area contributed by atoms with Gasteiger partial charge in [-0.25, -0.2) is 0 Å². The Hall–Kier alpha value is -0.290. The Kier molecular flexibility index (Phi) is 6.99. The fraction of sp³-hybridized carbons (Fsp3) is 1.00. The Morgan fingerprint density at radius 3 is 2.25 bits per heavy atom. The van der Waals surface area contributed by atoms with Crippen molar-refractivity contribution in [2.45, 2.75) is 45.7 Å². The van der Waals surface area contributed by atoms with Crippen LogP contribution in [-0.2, 0) is 4.74 Å². The third-order valence-electron chi connectivity index (χ3n) is 2.68. The average molecular weight is 241 g/mol. The zero-order valence-corrected chi connectivity index (χ0v) is 10.1. The van der Waals surface area contributed by atoms with Crippen LogP contribution < -0.4 is 5.73 Å². The van der Waals surface area contributed by atoms with Gasteiger partial charge in [-0.2, -0.15) is 13.2 Å². The fourth-order valence-electron chi connectivity index (χ4n) is 1.72. The Balaban J connectivity index is 3.64. The minimum absolute atomic E-state index is 0.0380. The zero-order chi connectivity index (χ0) is 12.7. The maximum atomic E-state index is 11.8. The molecule has 0 aromatic rings. The molecule has 2 N–H and O–H groups in total. The number of ether oxygens (including phenoxy) is 1. The summed E-state index contributed by atoms with van der Waals surface area (Å²) in [5.74, 6) is 0. The number of nitrogens with two attached hydrogens (primary N) is 1. The molecule has 0 heterocycles. The topological polar surface area (TPSA) is 35.2 Å². The van der Waals surface area contributed by atoms with E-state index in [0.717, 1.165) is 19.3 Å². The van der Waals surface area contributed by atoms with Gasteiger partial charge in [0.05, 0.1) is 0 Å². The van der Waals surface area contributed by atoms with E-state index in [1.807, 2.05) is 0 Å². The van der Waals surface area contributed by atoms with Gasteiger partial charge < -0.3 is 10.5 Å². The highest BCUT2D eigenvalue weighted by Crippen LogP contribution is 2.27. The molecule has 0 aromatic heterocycles. The first-order chi connectivity index (χ1) is 7.33. The third-order valence-corrected chi connectivity index (χ3v) is 2.68. The first-order valence-corrected chi connectivity index (χ1v) is 5.67. The molecule has 0 rings (SSSR count). The lowest BCUT2D eigenvalue weighted by molar-refractivity contribution is -0.174. The smallest absolute Gasteiger partial charge is 0.372 e. The van der Waals surface area contributed by atoms with E-state index in [2.05, 4.69) is 18.6 Å². The molecule has 1 unspecified atom stereocenters. The van der Waals surface area contributed by atoms with Crippen LogP contribution in [0.3, 0.4) is 0 Å². The first kappa shape index (κ1) is 15.7. The van der Waals surface area contributed by atoms with Gasteiger partial charge in [0.1, 0.15) is 6.61 Å². The van der Waals surface area contributed by atoms with Crippen LogP contribution in [0.2, 0.25) is 0 Å². The molecular weight excluding hydrogens is 219 g/mol. The molecule has 0 spiro atoms. The van der Waals surface area contributed by atoms with E-state index < -0.39 is 12.8 Å². The number of rotatable bonds is 8. The summed E-state index contributed by atoms with van der Waals surface area (Å²) in [6.07, 6.45) is -0.737. The highest BCUT2D eigenvalue weighted by atomic mass is 19.4. The van der Waals surface area contributed by atoms with Crippen LogP contribution in [0.1, 0.15) is 39.5 Å². The van der Waals surface area contributed by atoms with Crippen molar-refractivity contribution in [3.05, 3.63) is 0 Å². The van der Waals surface area contributed by atoms with Crippen molar-refractivity contribution in [3.63, 3.8) is 0 Å². The molecule has 98 valence electrons. The van der Waals surface area contributed by atoms with Crippen molar-refractivity contribution in [2.75, 3.05) is 19.8 Å². The number of halogens is 3. The highest BCUT2D eigenvalue weighted by Gasteiger charge is 2.27. The van der Waals surface area contributed by atoms with E-state index >= 15 is 0 Å². The second-order valence-electron chi connectivity index (χ2n) is 4.54. The Morgan fingerprint density at radius 1 is 1.19 bits per heavy atom. The standard InChI is InChI=1S/C11H22F3NO/c1-3-5-10(2,8-15)6-4-7-16-9-11(12,13)14/h3-9,15H2,1-2H3. The fourth-order valence-corrected chi connectivity index (χ4v) is 1.72. The summed E-state index contributed by atoms with van der Waals surface area (Å²) in [5.41, 5.74) is 5.69. The molecule has 0 aliphatic heterocycles. The summed E-state index contributed by atoms with van der Waals surface area (Å²) in [6.45, 7) is 3.72. The Labute approximate surface area is 95.3 Å². The molecule has 5 heteroatoms. The molecule has 0 radical (unpaired) electrons. The lowest BCUT2D eigenvalue weighted by Crippen LogP contribution is -2.27. The molecule has 0 aromatic carbocycles. The van der Waals surface area contributed by atoms with Gasteiger partial charge in [-0.1, -0.05) is 20.3 Å². The summed E-state index contributed by atoms with van der Waals surface area (Å²) < 4.78 is 39.8. The van der Waals surface area contributed by atoms with Gasteiger partial charge >= 0.3 is 6.18 Å². The average Bonchev–Trinajstić information content (AvgIpc) is 2.16. The number of alkyl halides is 3. The van der Waals surface area contributed by atoms with E-state index in [1.54, 1.807) is 0 Å². The van der Waals surface area contributed by atoms with Crippen molar-refractivity contribution in [1.82, 2.24) is 0 Å². The second kappa shape index (κ2) is 7.12. The van der Waals surface area contributed by atoms with Crippen LogP contribution in [0.5, 0.6) is 0 Å². The van der Waals surface area contributed by atoms with Crippen LogP contribution in [0.25, 0.3) is 0 Å². The zero-order valence-electron chi connectivity index (χ0n) is 10.1. The molecule has 0 bridgehead atoms. The van der Waals surface area contributed by atoms with Crippen molar-refractivity contribution in [3.8, 4) is 0 Å². The van der Waals surface area contributed by atoms with Crippen LogP contribution in [0, 0.1) is 5.41 Å². The molecule has 1 atom stereocenters. The van der Waals surface area contributed by atoms with E-state index in [1.165, 1.54) is 0 Å². The largest absolute Gasteiger partial charge is 0.411 e. The lowest BCUT2D eigenvalue weighted by atomic mass is 9.81. The predicted molar refractivity (Wildman–Crippen MR) is 58.2 cm³/mol. The Morgan fingerprint density at radius 2 is 1.81 bits per heavy atom. The van der Waals surface area contributed by atoms with E-state index in [4.69, 9.17) is 5.73 Å². The van der Waals surface area contributed by atoms with Gasteiger partial charge in [0.15, 0.2) is 0 Å². The molecule has 0 saturated heterocycles. The van der Waals surface area contributed by atoms with Gasteiger partial charge in [0, 0.05) is 6.61 Å². The first-order valence-electron chi connectivity index (χ1n) is 5.67. The number of hydrogen-bond donors (Lipinski definition) is 1. The normalized spacial score (nSPS) is 16.1. The van der Waals surface area contributed by atoms with Gasteiger partial charge in [0.25, 0.3) is 0 Å². The van der Waals surface area contributed by atoms with Gasteiger partial charge in [-0.3, -0.25) is 0 Å². The summed E-state index contributed by atoms with van der Waals surface area (Å²) in [7, 11) is 0. The van der Waals surface area contributed by atoms with Crippen molar-refractivity contribution in [1.29, 1.82) is 0 Å². The van der Waals surface area contributed by atoms with Crippen molar-refractivity contribution in [2.24, 2.45) is 11.1 Å². The highest BCUT2D eigenvalue weighted by molar-refractivity contribution is 4.74. The van der Waals surface area contributed by atoms with Crippen LogP contribution in [0.15, 0.2) is 0 Å². The van der Waals surface area contributed by atoms with Gasteiger partial charge in [-0.05, 0) is 31.2 Å². The van der Waals surface area contributed by atoms with Crippen LogP contribution in [-0.4, -0.2) is 25.9 Å². The SMILES string of the molecule is CCCC(C)(CN)CCCOCC(F)(F)F. The molecule has 0 amide bonds. The summed E-state index contributed by atoms with van der Waals surface area (Å²) in [6, 6.07) is 0. The molecule has 16 heavy (non-hydrogen) atoms. The molecule has 0 saturated carbocycles. The monoisotopic (exact) mass is 241 g/mol. The lowest BCUT2D eigenvalue weighted by Gasteiger charge is -2.27. The van der Waals surface area contributed by atoms with Gasteiger partial charge in [0.2, 0.25) is 0 Å². The van der Waals surface area contributed by atoms with Crippen molar-refractivity contribution < 1.29 is 17.9 Å². The Bertz CT molecular complexity index is 185. The second-order valence-corrected chi connectivity index (χ2v) is 4.54. The molecule has 0 aliphatic rings. The summed E-state index contributed by atoms with van der Waals surface area (Å²) in [5, 5.41) is 0. The summed E-state index contributed by atoms with van der Waals surface area (Å²) in [4.78, 5) is 0. The number of hydrogen-bond acceptors (Lipinski definition) is 2. The van der Waals surface area contributed by atoms with E-state index in [9.17, 15) is 13.2 Å². The minimum Gasteiger partial charge on any atom is -0.372 e. The quantitative estimate of drug-likeness (QED) is 0.663. The minimum atomic E-state index is -4.22. The van der Waals surface area contributed by atoms with Crippen LogP contribution in [0.4, 0.5) is 13.2 Å². The molecule has 0 aliphatic carbocycles. The maximum Gasteiger partial charge on any atom is 0.411 e. The summed E-state index contributed by atoms with van der Waals surface area (Å²) >= 11 is 0. The van der Waals surface area contributed by atoms with Gasteiger partial charge in [-0.15, -0.1) is 0 Å². The molecular formula is C11H22F3NO.